The van der Waals surface area contributed by atoms with Gasteiger partial charge >= 0.3 is 0 Å². The van der Waals surface area contributed by atoms with Gasteiger partial charge in [-0.25, -0.2) is 4.98 Å². The van der Waals surface area contributed by atoms with Crippen molar-refractivity contribution in [2.75, 3.05) is 18.5 Å². The van der Waals surface area contributed by atoms with Crippen molar-refractivity contribution in [1.82, 2.24) is 4.98 Å². The first-order chi connectivity index (χ1) is 8.70. The average Bonchev–Trinajstić information content (AvgIpc) is 2.40. The summed E-state index contributed by atoms with van der Waals surface area (Å²) in [7, 11) is 2.10. The molecular formula is C14H20Cl2N2. The Morgan fingerprint density at radius 2 is 2.06 bits per heavy atom. The maximum Gasteiger partial charge on any atom is 0.128 e. The second kappa shape index (κ2) is 6.63. The summed E-state index contributed by atoms with van der Waals surface area (Å²) in [4.78, 5) is 6.61. The number of hydrogen-bond donors (Lipinski definition) is 0. The molecule has 4 heteroatoms. The molecular weight excluding hydrogens is 267 g/mol. The monoisotopic (exact) mass is 286 g/mol. The summed E-state index contributed by atoms with van der Waals surface area (Å²) in [6.07, 6.45) is 8.54. The standard InChI is InChI=1S/C14H20Cl2N2/c1-18(10-11-5-3-2-4-6-11)14-7-12(8-15)13(16)9-17-14/h7,9,11H,2-6,8,10H2,1H3. The zero-order valence-corrected chi connectivity index (χ0v) is 12.3. The summed E-state index contributed by atoms with van der Waals surface area (Å²) in [5.74, 6) is 2.22. The highest BCUT2D eigenvalue weighted by Gasteiger charge is 2.16. The van der Waals surface area contributed by atoms with Gasteiger partial charge in [-0.1, -0.05) is 30.9 Å². The third-order valence-corrected chi connectivity index (χ3v) is 4.34. The molecule has 0 radical (unpaired) electrons. The first-order valence-corrected chi connectivity index (χ1v) is 7.53. The van der Waals surface area contributed by atoms with Crippen LogP contribution in [0.1, 0.15) is 37.7 Å². The minimum atomic E-state index is 0.436. The molecule has 1 aromatic heterocycles. The number of nitrogens with zero attached hydrogens (tertiary/aromatic N) is 2. The van der Waals surface area contributed by atoms with E-state index >= 15 is 0 Å². The highest BCUT2D eigenvalue weighted by atomic mass is 35.5. The molecule has 0 atom stereocenters. The highest BCUT2D eigenvalue weighted by Crippen LogP contribution is 2.26. The number of alkyl halides is 1. The molecule has 1 heterocycles. The fourth-order valence-electron chi connectivity index (χ4n) is 2.63. The van der Waals surface area contributed by atoms with Gasteiger partial charge in [0.15, 0.2) is 0 Å². The third-order valence-electron chi connectivity index (χ3n) is 3.71. The summed E-state index contributed by atoms with van der Waals surface area (Å²) < 4.78 is 0. The molecule has 0 unspecified atom stereocenters. The summed E-state index contributed by atoms with van der Waals surface area (Å²) >= 11 is 11.9. The lowest BCUT2D eigenvalue weighted by molar-refractivity contribution is 0.361. The van der Waals surface area contributed by atoms with Crippen LogP contribution in [0.4, 0.5) is 5.82 Å². The fourth-order valence-corrected chi connectivity index (χ4v) is 3.09. The van der Waals surface area contributed by atoms with Crippen molar-refractivity contribution in [1.29, 1.82) is 0 Å². The lowest BCUT2D eigenvalue weighted by Crippen LogP contribution is -2.27. The van der Waals surface area contributed by atoms with Gasteiger partial charge in [0.25, 0.3) is 0 Å². The Hall–Kier alpha value is -0.470. The van der Waals surface area contributed by atoms with Gasteiger partial charge in [-0.3, -0.25) is 0 Å². The lowest BCUT2D eigenvalue weighted by atomic mass is 9.89. The van der Waals surface area contributed by atoms with Crippen LogP contribution in [-0.4, -0.2) is 18.6 Å². The SMILES string of the molecule is CN(CC1CCCCC1)c1cc(CCl)c(Cl)cn1. The number of pyridine rings is 1. The summed E-state index contributed by atoms with van der Waals surface area (Å²) in [5, 5.41) is 0.653. The predicted octanol–water partition coefficient (Wildman–Crippen LogP) is 4.49. The van der Waals surface area contributed by atoms with E-state index in [-0.39, 0.29) is 0 Å². The van der Waals surface area contributed by atoms with Crippen LogP contribution in [0.3, 0.4) is 0 Å². The Morgan fingerprint density at radius 3 is 2.72 bits per heavy atom. The van der Waals surface area contributed by atoms with E-state index in [4.69, 9.17) is 23.2 Å². The summed E-state index contributed by atoms with van der Waals surface area (Å²) in [6, 6.07) is 2.00. The second-order valence-electron chi connectivity index (χ2n) is 5.15. The van der Waals surface area contributed by atoms with E-state index < -0.39 is 0 Å². The Balaban J connectivity index is 2.01. The molecule has 18 heavy (non-hydrogen) atoms. The number of anilines is 1. The Bertz CT molecular complexity index is 389. The molecule has 0 N–H and O–H groups in total. The molecule has 0 aromatic carbocycles. The molecule has 0 saturated heterocycles. The van der Waals surface area contributed by atoms with Gasteiger partial charge in [0.05, 0.1) is 5.02 Å². The van der Waals surface area contributed by atoms with Crippen LogP contribution in [-0.2, 0) is 5.88 Å². The van der Waals surface area contributed by atoms with Crippen LogP contribution in [0.5, 0.6) is 0 Å². The van der Waals surface area contributed by atoms with E-state index in [1.54, 1.807) is 6.20 Å². The van der Waals surface area contributed by atoms with Gasteiger partial charge in [-0.05, 0) is 30.4 Å². The molecule has 1 fully saturated rings. The molecule has 0 spiro atoms. The number of rotatable bonds is 4. The van der Waals surface area contributed by atoms with Crippen molar-refractivity contribution in [3.05, 3.63) is 22.8 Å². The van der Waals surface area contributed by atoms with Crippen LogP contribution in [0.15, 0.2) is 12.3 Å². The predicted molar refractivity (Wildman–Crippen MR) is 78.6 cm³/mol. The van der Waals surface area contributed by atoms with E-state index in [0.717, 1.165) is 23.8 Å². The molecule has 100 valence electrons. The zero-order valence-electron chi connectivity index (χ0n) is 10.8. The topological polar surface area (TPSA) is 16.1 Å². The van der Waals surface area contributed by atoms with Crippen LogP contribution in [0.25, 0.3) is 0 Å². The smallest absolute Gasteiger partial charge is 0.128 e. The van der Waals surface area contributed by atoms with E-state index in [1.807, 2.05) is 6.07 Å². The van der Waals surface area contributed by atoms with Crippen LogP contribution >= 0.6 is 23.2 Å². The molecule has 1 saturated carbocycles. The summed E-state index contributed by atoms with van der Waals surface area (Å²) in [6.45, 7) is 1.08. The number of aromatic nitrogens is 1. The Kier molecular flexibility index (Phi) is 5.13. The van der Waals surface area contributed by atoms with Crippen LogP contribution in [0, 0.1) is 5.92 Å². The molecule has 0 amide bonds. The van der Waals surface area contributed by atoms with Gasteiger partial charge in [-0.2, -0.15) is 0 Å². The second-order valence-corrected chi connectivity index (χ2v) is 5.83. The van der Waals surface area contributed by atoms with Crippen molar-refractivity contribution < 1.29 is 0 Å². The van der Waals surface area contributed by atoms with E-state index in [1.165, 1.54) is 32.1 Å². The number of halogens is 2. The average molecular weight is 287 g/mol. The summed E-state index contributed by atoms with van der Waals surface area (Å²) in [5.41, 5.74) is 0.957. The van der Waals surface area contributed by atoms with Gasteiger partial charge in [0, 0.05) is 25.7 Å². The third kappa shape index (κ3) is 3.52. The van der Waals surface area contributed by atoms with Crippen molar-refractivity contribution in [2.45, 2.75) is 38.0 Å². The molecule has 2 nitrogen and oxygen atoms in total. The van der Waals surface area contributed by atoms with E-state index in [2.05, 4.69) is 16.9 Å². The zero-order chi connectivity index (χ0) is 13.0. The van der Waals surface area contributed by atoms with Crippen LogP contribution < -0.4 is 4.90 Å². The quantitative estimate of drug-likeness (QED) is 0.758. The van der Waals surface area contributed by atoms with Crippen molar-refractivity contribution >= 4 is 29.0 Å². The molecule has 2 rings (SSSR count). The van der Waals surface area contributed by atoms with Crippen molar-refractivity contribution in [3.63, 3.8) is 0 Å². The van der Waals surface area contributed by atoms with E-state index in [0.29, 0.717) is 10.9 Å². The van der Waals surface area contributed by atoms with Crippen LogP contribution in [0.2, 0.25) is 5.02 Å². The molecule has 1 aliphatic carbocycles. The normalized spacial score (nSPS) is 16.8. The lowest BCUT2D eigenvalue weighted by Gasteiger charge is -2.27. The van der Waals surface area contributed by atoms with Gasteiger partial charge in [0.2, 0.25) is 0 Å². The highest BCUT2D eigenvalue weighted by molar-refractivity contribution is 6.32. The van der Waals surface area contributed by atoms with Gasteiger partial charge < -0.3 is 4.90 Å². The number of hydrogen-bond acceptors (Lipinski definition) is 2. The molecule has 0 aliphatic heterocycles. The molecule has 0 bridgehead atoms. The maximum absolute atomic E-state index is 6.03. The van der Waals surface area contributed by atoms with E-state index in [9.17, 15) is 0 Å². The van der Waals surface area contributed by atoms with Crippen molar-refractivity contribution in [2.24, 2.45) is 5.92 Å². The first kappa shape index (κ1) is 14.0. The van der Waals surface area contributed by atoms with Gasteiger partial charge in [0.1, 0.15) is 5.82 Å². The van der Waals surface area contributed by atoms with Crippen molar-refractivity contribution in [3.8, 4) is 0 Å². The minimum absolute atomic E-state index is 0.436. The maximum atomic E-state index is 6.03. The first-order valence-electron chi connectivity index (χ1n) is 6.62. The fraction of sp³-hybridized carbons (Fsp3) is 0.643. The Morgan fingerprint density at radius 1 is 1.33 bits per heavy atom. The Labute approximate surface area is 119 Å². The largest absolute Gasteiger partial charge is 0.359 e. The van der Waals surface area contributed by atoms with Gasteiger partial charge in [-0.15, -0.1) is 11.6 Å². The molecule has 1 aromatic rings. The minimum Gasteiger partial charge on any atom is -0.359 e. The molecule has 1 aliphatic rings.